The average Bonchev–Trinajstić information content (AvgIpc) is 2.60. The Morgan fingerprint density at radius 3 is 2.56 bits per heavy atom. The van der Waals surface area contributed by atoms with Crippen LogP contribution in [0.25, 0.3) is 22.3 Å². The Morgan fingerprint density at radius 1 is 1.08 bits per heavy atom. The van der Waals surface area contributed by atoms with Crippen molar-refractivity contribution in [1.82, 2.24) is 0 Å². The first-order chi connectivity index (χ1) is 12.1. The molecule has 0 bridgehead atoms. The van der Waals surface area contributed by atoms with Gasteiger partial charge in [-0.2, -0.15) is 0 Å². The van der Waals surface area contributed by atoms with Crippen LogP contribution in [0.1, 0.15) is 5.56 Å². The van der Waals surface area contributed by atoms with E-state index in [1.54, 1.807) is 12.1 Å². The molecule has 0 atom stereocenters. The van der Waals surface area contributed by atoms with E-state index in [0.717, 1.165) is 0 Å². The first-order valence-electron chi connectivity index (χ1n) is 7.45. The van der Waals surface area contributed by atoms with E-state index < -0.39 is 5.43 Å². The maximum atomic E-state index is 13.0. The van der Waals surface area contributed by atoms with Crippen molar-refractivity contribution in [2.45, 2.75) is 6.61 Å². The number of hydrogen-bond donors (Lipinski definition) is 2. The fourth-order valence-corrected chi connectivity index (χ4v) is 3.08. The molecule has 7 nitrogen and oxygen atoms in total. The maximum absolute atomic E-state index is 13.0. The number of rotatable bonds is 2. The van der Waals surface area contributed by atoms with E-state index >= 15 is 0 Å². The van der Waals surface area contributed by atoms with Crippen molar-refractivity contribution < 1.29 is 28.8 Å². The summed E-state index contributed by atoms with van der Waals surface area (Å²) in [6, 6.07) is 6.23. The van der Waals surface area contributed by atoms with E-state index in [4.69, 9.17) is 18.6 Å². The van der Waals surface area contributed by atoms with Gasteiger partial charge in [-0.3, -0.25) is 4.79 Å². The first-order valence-corrected chi connectivity index (χ1v) is 7.45. The van der Waals surface area contributed by atoms with Crippen molar-refractivity contribution in [1.29, 1.82) is 0 Å². The number of phenols is 2. The second-order valence-corrected chi connectivity index (χ2v) is 5.52. The van der Waals surface area contributed by atoms with Gasteiger partial charge in [0.05, 0.1) is 19.8 Å². The fraction of sp³-hybridized carbons (Fsp3) is 0.167. The van der Waals surface area contributed by atoms with Crippen LogP contribution in [0.4, 0.5) is 0 Å². The van der Waals surface area contributed by atoms with Gasteiger partial charge in [0.2, 0.25) is 16.9 Å². The molecule has 128 valence electrons. The van der Waals surface area contributed by atoms with Crippen LogP contribution in [0.2, 0.25) is 0 Å². The van der Waals surface area contributed by atoms with Crippen molar-refractivity contribution >= 4 is 11.0 Å². The second kappa shape index (κ2) is 5.34. The number of fused-ring (bicyclic) bond motifs is 4. The molecule has 0 spiro atoms. The highest BCUT2D eigenvalue weighted by atomic mass is 16.5. The Balaban J connectivity index is 2.15. The van der Waals surface area contributed by atoms with Gasteiger partial charge in [0.25, 0.3) is 0 Å². The fourth-order valence-electron chi connectivity index (χ4n) is 3.08. The lowest BCUT2D eigenvalue weighted by Gasteiger charge is -2.21. The second-order valence-electron chi connectivity index (χ2n) is 5.52. The Hall–Kier alpha value is -3.35. The standard InChI is InChI=1S/C18H14O7/c1-22-15-10(20)6-11-13(16(15)23-2)14(21)18-17(25-11)12-8(7-24-18)4-3-5-9(12)19/h3-6,19-20H,7H2,1-2H3. The summed E-state index contributed by atoms with van der Waals surface area (Å²) in [4.78, 5) is 13.0. The van der Waals surface area contributed by atoms with Gasteiger partial charge >= 0.3 is 0 Å². The van der Waals surface area contributed by atoms with E-state index in [9.17, 15) is 15.0 Å². The number of hydrogen-bond acceptors (Lipinski definition) is 7. The molecule has 0 fully saturated rings. The lowest BCUT2D eigenvalue weighted by molar-refractivity contribution is 0.288. The van der Waals surface area contributed by atoms with Crippen LogP contribution < -0.4 is 19.6 Å². The summed E-state index contributed by atoms with van der Waals surface area (Å²) in [5.41, 5.74) is 0.718. The summed E-state index contributed by atoms with van der Waals surface area (Å²) >= 11 is 0. The van der Waals surface area contributed by atoms with Crippen LogP contribution in [0, 0.1) is 0 Å². The zero-order valence-electron chi connectivity index (χ0n) is 13.5. The molecule has 7 heteroatoms. The normalized spacial score (nSPS) is 12.2. The molecule has 1 aliphatic rings. The summed E-state index contributed by atoms with van der Waals surface area (Å²) in [5.74, 6) is -0.0727. The first kappa shape index (κ1) is 15.2. The minimum Gasteiger partial charge on any atom is -0.507 e. The minimum atomic E-state index is -0.472. The van der Waals surface area contributed by atoms with E-state index in [2.05, 4.69) is 0 Å². The van der Waals surface area contributed by atoms with E-state index in [1.165, 1.54) is 26.4 Å². The maximum Gasteiger partial charge on any atom is 0.239 e. The number of aromatic hydroxyl groups is 2. The molecule has 0 aliphatic carbocycles. The van der Waals surface area contributed by atoms with E-state index in [1.807, 2.05) is 0 Å². The van der Waals surface area contributed by atoms with Gasteiger partial charge in [-0.05, 0) is 6.07 Å². The molecule has 3 aromatic rings. The van der Waals surface area contributed by atoms with Crippen molar-refractivity contribution in [3.05, 3.63) is 40.1 Å². The monoisotopic (exact) mass is 342 g/mol. The van der Waals surface area contributed by atoms with Crippen LogP contribution in [0.3, 0.4) is 0 Å². The van der Waals surface area contributed by atoms with Crippen molar-refractivity contribution in [2.75, 3.05) is 14.2 Å². The van der Waals surface area contributed by atoms with E-state index in [-0.39, 0.29) is 52.1 Å². The average molecular weight is 342 g/mol. The molecule has 0 radical (unpaired) electrons. The molecule has 0 amide bonds. The molecule has 2 aromatic carbocycles. The lowest BCUT2D eigenvalue weighted by atomic mass is 10.0. The van der Waals surface area contributed by atoms with Crippen LogP contribution in [0.15, 0.2) is 33.5 Å². The van der Waals surface area contributed by atoms with Crippen molar-refractivity contribution in [2.24, 2.45) is 0 Å². The Labute approximate surface area is 141 Å². The summed E-state index contributed by atoms with van der Waals surface area (Å²) in [7, 11) is 2.71. The smallest absolute Gasteiger partial charge is 0.239 e. The zero-order valence-corrected chi connectivity index (χ0v) is 13.5. The minimum absolute atomic E-state index is 0.0192. The predicted molar refractivity (Wildman–Crippen MR) is 88.7 cm³/mol. The molecular weight excluding hydrogens is 328 g/mol. The summed E-state index contributed by atoms with van der Waals surface area (Å²) in [6.45, 7) is 0.129. The van der Waals surface area contributed by atoms with Gasteiger partial charge in [-0.25, -0.2) is 0 Å². The Morgan fingerprint density at radius 2 is 1.84 bits per heavy atom. The quantitative estimate of drug-likeness (QED) is 0.739. The Kier molecular flexibility index (Phi) is 3.24. The highest BCUT2D eigenvalue weighted by molar-refractivity contribution is 5.92. The molecule has 0 saturated carbocycles. The molecule has 1 aromatic heterocycles. The summed E-state index contributed by atoms with van der Waals surface area (Å²) < 4.78 is 21.7. The SMILES string of the molecule is COc1c(O)cc2oc3c(c(=O)c2c1OC)OCc1cccc(O)c1-3. The topological polar surface area (TPSA) is 98.4 Å². The van der Waals surface area contributed by atoms with Crippen LogP contribution in [0.5, 0.6) is 28.7 Å². The predicted octanol–water partition coefficient (Wildman–Crippen LogP) is 2.78. The van der Waals surface area contributed by atoms with Gasteiger partial charge in [0.15, 0.2) is 17.3 Å². The van der Waals surface area contributed by atoms with Crippen molar-refractivity contribution in [3.8, 4) is 40.1 Å². The molecule has 1 aliphatic heterocycles. The number of methoxy groups -OCH3 is 2. The molecule has 25 heavy (non-hydrogen) atoms. The molecule has 4 rings (SSSR count). The largest absolute Gasteiger partial charge is 0.507 e. The number of phenolic OH excluding ortho intramolecular Hbond substituents is 2. The van der Waals surface area contributed by atoms with Gasteiger partial charge in [0.1, 0.15) is 23.3 Å². The van der Waals surface area contributed by atoms with Gasteiger partial charge in [-0.1, -0.05) is 12.1 Å². The molecule has 0 unspecified atom stereocenters. The van der Waals surface area contributed by atoms with Crippen LogP contribution in [-0.2, 0) is 6.61 Å². The lowest BCUT2D eigenvalue weighted by Crippen LogP contribution is -2.15. The Bertz CT molecular complexity index is 1070. The third kappa shape index (κ3) is 2.02. The van der Waals surface area contributed by atoms with Crippen LogP contribution >= 0.6 is 0 Å². The van der Waals surface area contributed by atoms with Gasteiger partial charge in [-0.15, -0.1) is 0 Å². The van der Waals surface area contributed by atoms with Crippen molar-refractivity contribution in [3.63, 3.8) is 0 Å². The zero-order chi connectivity index (χ0) is 17.7. The van der Waals surface area contributed by atoms with E-state index in [0.29, 0.717) is 11.1 Å². The van der Waals surface area contributed by atoms with Gasteiger partial charge in [0, 0.05) is 11.6 Å². The third-order valence-electron chi connectivity index (χ3n) is 4.17. The number of benzene rings is 2. The highest BCUT2D eigenvalue weighted by Crippen LogP contribution is 2.46. The van der Waals surface area contributed by atoms with Crippen LogP contribution in [-0.4, -0.2) is 24.4 Å². The molecule has 2 N–H and O–H groups in total. The third-order valence-corrected chi connectivity index (χ3v) is 4.17. The van der Waals surface area contributed by atoms with Gasteiger partial charge < -0.3 is 28.8 Å². The summed E-state index contributed by atoms with van der Waals surface area (Å²) in [5, 5.41) is 20.4. The highest BCUT2D eigenvalue weighted by Gasteiger charge is 2.29. The molecule has 2 heterocycles. The summed E-state index contributed by atoms with van der Waals surface area (Å²) in [6.07, 6.45) is 0. The molecular formula is C18H14O7. The molecule has 0 saturated heterocycles. The number of ether oxygens (including phenoxy) is 3.